The van der Waals surface area contributed by atoms with Gasteiger partial charge in [0.05, 0.1) is 25.4 Å². The van der Waals surface area contributed by atoms with Gasteiger partial charge in [-0.1, -0.05) is 411 Å². The summed E-state index contributed by atoms with van der Waals surface area (Å²) in [4.78, 5) is 24.7. The van der Waals surface area contributed by atoms with Crippen molar-refractivity contribution >= 4 is 11.9 Å². The van der Waals surface area contributed by atoms with Crippen molar-refractivity contribution in [3.8, 4) is 0 Å². The highest BCUT2D eigenvalue weighted by Gasteiger charge is 2.20. The van der Waals surface area contributed by atoms with Crippen molar-refractivity contribution in [1.29, 1.82) is 0 Å². The van der Waals surface area contributed by atoms with Crippen LogP contribution in [0.25, 0.3) is 0 Å². The number of ether oxygens (including phenoxy) is 1. The van der Waals surface area contributed by atoms with Crippen LogP contribution in [-0.2, 0) is 14.3 Å². The number of hydrogen-bond donors (Lipinski definition) is 3. The third kappa shape index (κ3) is 75.4. The molecule has 0 heterocycles. The quantitative estimate of drug-likeness (QED) is 0.0320. The Hall–Kier alpha value is -1.66. The fourth-order valence-electron chi connectivity index (χ4n) is 13.4. The summed E-state index contributed by atoms with van der Waals surface area (Å²) >= 11 is 0. The van der Waals surface area contributed by atoms with E-state index in [4.69, 9.17) is 4.74 Å². The molecule has 2 unspecified atom stereocenters. The summed E-state index contributed by atoms with van der Waals surface area (Å²) in [6, 6.07) is -0.540. The van der Waals surface area contributed by atoms with Gasteiger partial charge >= 0.3 is 5.97 Å². The van der Waals surface area contributed by atoms with Crippen molar-refractivity contribution in [2.45, 2.75) is 488 Å². The predicted octanol–water partition coefficient (Wildman–Crippen LogP) is 27.6. The molecule has 0 radical (unpaired) electrons. The van der Waals surface area contributed by atoms with Crippen molar-refractivity contribution in [2.75, 3.05) is 13.2 Å². The van der Waals surface area contributed by atoms with Gasteiger partial charge in [0, 0.05) is 12.8 Å². The van der Waals surface area contributed by atoms with E-state index in [0.29, 0.717) is 25.9 Å². The van der Waals surface area contributed by atoms with E-state index in [1.165, 1.54) is 398 Å². The van der Waals surface area contributed by atoms with Crippen molar-refractivity contribution < 1.29 is 24.5 Å². The molecule has 0 aliphatic heterocycles. The van der Waals surface area contributed by atoms with E-state index in [0.717, 1.165) is 44.9 Å². The van der Waals surface area contributed by atoms with Gasteiger partial charge in [-0.25, -0.2) is 0 Å². The molecule has 6 heteroatoms. The first-order valence-electron chi connectivity index (χ1n) is 41.6. The van der Waals surface area contributed by atoms with Gasteiger partial charge in [-0.05, 0) is 77.0 Å². The number of rotatable bonds is 79. The number of aliphatic hydroxyl groups excluding tert-OH is 2. The lowest BCUT2D eigenvalue weighted by Gasteiger charge is -2.22. The molecule has 534 valence electrons. The molecule has 90 heavy (non-hydrogen) atoms. The maximum Gasteiger partial charge on any atom is 0.305 e. The molecule has 0 spiro atoms. The molecular formula is C84H163NO5. The molecular weight excluding hydrogens is 1100 g/mol. The van der Waals surface area contributed by atoms with Crippen LogP contribution in [0, 0.1) is 0 Å². The van der Waals surface area contributed by atoms with Gasteiger partial charge in [0.1, 0.15) is 0 Å². The average Bonchev–Trinajstić information content (AvgIpc) is 3.68. The molecule has 6 nitrogen and oxygen atoms in total. The normalized spacial score (nSPS) is 12.5. The van der Waals surface area contributed by atoms with Gasteiger partial charge in [0.2, 0.25) is 5.91 Å². The first-order valence-corrected chi connectivity index (χ1v) is 41.6. The van der Waals surface area contributed by atoms with E-state index >= 15 is 0 Å². The Labute approximate surface area is 564 Å². The second-order valence-electron chi connectivity index (χ2n) is 28.8. The maximum absolute atomic E-state index is 12.6. The molecule has 0 saturated carbocycles. The molecule has 0 aliphatic carbocycles. The fraction of sp³-hybridized carbons (Fsp3) is 0.929. The topological polar surface area (TPSA) is 95.9 Å². The number of esters is 1. The van der Waals surface area contributed by atoms with E-state index in [-0.39, 0.29) is 18.5 Å². The number of nitrogens with one attached hydrogen (secondary N) is 1. The Kier molecular flexibility index (Phi) is 78.3. The van der Waals surface area contributed by atoms with Gasteiger partial charge in [-0.3, -0.25) is 9.59 Å². The zero-order chi connectivity index (χ0) is 64.9. The van der Waals surface area contributed by atoms with Crippen LogP contribution in [0.4, 0.5) is 0 Å². The van der Waals surface area contributed by atoms with Crippen LogP contribution in [-0.4, -0.2) is 47.4 Å². The smallest absolute Gasteiger partial charge is 0.305 e. The molecule has 0 bridgehead atoms. The summed E-state index contributed by atoms with van der Waals surface area (Å²) in [5, 5.41) is 23.5. The minimum absolute atomic E-state index is 0.0125. The lowest BCUT2D eigenvalue weighted by Crippen LogP contribution is -2.45. The monoisotopic (exact) mass is 1270 g/mol. The van der Waals surface area contributed by atoms with Gasteiger partial charge < -0.3 is 20.3 Å². The number of aliphatic hydroxyl groups is 2. The number of hydrogen-bond acceptors (Lipinski definition) is 5. The summed E-state index contributed by atoms with van der Waals surface area (Å²) < 4.78 is 5.50. The Balaban J connectivity index is 3.35. The molecule has 0 aliphatic rings. The molecule has 0 aromatic carbocycles. The molecule has 0 aromatic heterocycles. The third-order valence-corrected chi connectivity index (χ3v) is 19.7. The van der Waals surface area contributed by atoms with Crippen LogP contribution in [0.3, 0.4) is 0 Å². The Morgan fingerprint density at radius 3 is 0.789 bits per heavy atom. The van der Waals surface area contributed by atoms with Crippen LogP contribution < -0.4 is 5.32 Å². The second-order valence-corrected chi connectivity index (χ2v) is 28.8. The second kappa shape index (κ2) is 79.8. The highest BCUT2D eigenvalue weighted by molar-refractivity contribution is 5.76. The standard InChI is InChI=1S/C84H163NO5/c1-3-5-7-9-11-13-15-17-19-21-22-23-24-36-39-42-45-48-52-56-60-64-68-72-76-82(87)81(80-86)85-83(88)77-73-69-65-61-57-53-49-46-43-40-37-34-32-30-28-26-25-27-29-31-33-35-38-41-44-47-51-55-59-63-67-71-75-79-90-84(89)78-74-70-66-62-58-54-50-20-18-16-14-12-10-8-6-4-2/h20,29,31,50,81-82,86-87H,3-19,21-28,30,32-49,51-80H2,1-2H3,(H,85,88)/b31-29-,50-20-. The van der Waals surface area contributed by atoms with Gasteiger partial charge in [-0.15, -0.1) is 0 Å². The van der Waals surface area contributed by atoms with Crippen molar-refractivity contribution in [3.63, 3.8) is 0 Å². The zero-order valence-electron chi connectivity index (χ0n) is 61.4. The van der Waals surface area contributed by atoms with Crippen LogP contribution in [0.5, 0.6) is 0 Å². The van der Waals surface area contributed by atoms with Crippen LogP contribution in [0.2, 0.25) is 0 Å². The molecule has 0 fully saturated rings. The summed E-state index contributed by atoms with van der Waals surface area (Å²) in [5.74, 6) is -0.0134. The lowest BCUT2D eigenvalue weighted by atomic mass is 10.0. The minimum atomic E-state index is -0.664. The van der Waals surface area contributed by atoms with E-state index in [1.807, 2.05) is 0 Å². The summed E-state index contributed by atoms with van der Waals surface area (Å²) in [6.07, 6.45) is 103. The zero-order valence-corrected chi connectivity index (χ0v) is 61.4. The number of amides is 1. The Bertz CT molecular complexity index is 1410. The molecule has 2 atom stereocenters. The van der Waals surface area contributed by atoms with E-state index < -0.39 is 12.1 Å². The number of allylic oxidation sites excluding steroid dienone is 4. The SMILES string of the molecule is CCCCCCCCC/C=C\CCCCCCCC(=O)OCCCCCCCCCCCCCC/C=C\CCCCCCCCCCCCCCCCCCCC(=O)NC(CO)C(O)CCCCCCCCCCCCCCCCCCCCCCCCCC. The average molecular weight is 1270 g/mol. The van der Waals surface area contributed by atoms with Crippen LogP contribution in [0.1, 0.15) is 476 Å². The number of unbranched alkanes of at least 4 members (excludes halogenated alkanes) is 64. The molecule has 0 saturated heterocycles. The largest absolute Gasteiger partial charge is 0.466 e. The lowest BCUT2D eigenvalue weighted by molar-refractivity contribution is -0.143. The minimum Gasteiger partial charge on any atom is -0.466 e. The van der Waals surface area contributed by atoms with Gasteiger partial charge in [-0.2, -0.15) is 0 Å². The summed E-state index contributed by atoms with van der Waals surface area (Å²) in [7, 11) is 0. The van der Waals surface area contributed by atoms with Crippen molar-refractivity contribution in [1.82, 2.24) is 5.32 Å². The van der Waals surface area contributed by atoms with Crippen molar-refractivity contribution in [2.24, 2.45) is 0 Å². The first kappa shape index (κ1) is 88.3. The highest BCUT2D eigenvalue weighted by atomic mass is 16.5. The molecule has 1 amide bonds. The number of carbonyl (C=O) groups is 2. The molecule has 0 aromatic rings. The van der Waals surface area contributed by atoms with Crippen LogP contribution >= 0.6 is 0 Å². The first-order chi connectivity index (χ1) is 44.5. The Morgan fingerprint density at radius 2 is 0.522 bits per heavy atom. The maximum atomic E-state index is 12.6. The molecule has 0 rings (SSSR count). The fourth-order valence-corrected chi connectivity index (χ4v) is 13.4. The van der Waals surface area contributed by atoms with Gasteiger partial charge in [0.15, 0.2) is 0 Å². The van der Waals surface area contributed by atoms with Gasteiger partial charge in [0.25, 0.3) is 0 Å². The Morgan fingerprint density at radius 1 is 0.300 bits per heavy atom. The molecule has 3 N–H and O–H groups in total. The van der Waals surface area contributed by atoms with Crippen molar-refractivity contribution in [3.05, 3.63) is 24.3 Å². The predicted molar refractivity (Wildman–Crippen MR) is 398 cm³/mol. The van der Waals surface area contributed by atoms with E-state index in [9.17, 15) is 19.8 Å². The summed E-state index contributed by atoms with van der Waals surface area (Å²) in [6.45, 7) is 5.00. The van der Waals surface area contributed by atoms with E-state index in [1.54, 1.807) is 0 Å². The van der Waals surface area contributed by atoms with Crippen LogP contribution in [0.15, 0.2) is 24.3 Å². The third-order valence-electron chi connectivity index (χ3n) is 19.7. The number of carbonyl (C=O) groups excluding carboxylic acids is 2. The highest BCUT2D eigenvalue weighted by Crippen LogP contribution is 2.20. The van der Waals surface area contributed by atoms with E-state index in [2.05, 4.69) is 43.5 Å². The summed E-state index contributed by atoms with van der Waals surface area (Å²) in [5.41, 5.74) is 0.